The number of rotatable bonds is 2. The zero-order valence-electron chi connectivity index (χ0n) is 11.2. The quantitative estimate of drug-likeness (QED) is 0.876. The van der Waals surface area contributed by atoms with Crippen LogP contribution in [0.5, 0.6) is 0 Å². The Bertz CT molecular complexity index is 466. The summed E-state index contributed by atoms with van der Waals surface area (Å²) in [5.74, 6) is 0. The van der Waals surface area contributed by atoms with Crippen molar-refractivity contribution in [2.24, 2.45) is 0 Å². The molecule has 18 heavy (non-hydrogen) atoms. The molecule has 2 rings (SSSR count). The average molecular weight is 249 g/mol. The molecule has 0 unspecified atom stereocenters. The average Bonchev–Trinajstić information content (AvgIpc) is 2.48. The van der Waals surface area contributed by atoms with Crippen molar-refractivity contribution in [3.05, 3.63) is 29.8 Å². The Labute approximate surface area is 107 Å². The molecule has 1 aromatic rings. The smallest absolute Gasteiger partial charge is 0.417 e. The third-order valence-corrected chi connectivity index (χ3v) is 3.90. The highest BCUT2D eigenvalue weighted by atomic mass is 16.6. The Balaban J connectivity index is 2.45. The first-order chi connectivity index (χ1) is 8.32. The van der Waals surface area contributed by atoms with Gasteiger partial charge in [0.15, 0.2) is 11.3 Å². The van der Waals surface area contributed by atoms with Gasteiger partial charge in [0.25, 0.3) is 0 Å². The molecule has 98 valence electrons. The molecule has 0 aliphatic carbocycles. The van der Waals surface area contributed by atoms with Crippen LogP contribution in [0.3, 0.4) is 0 Å². The number of hydrogen-bond donors (Lipinski definition) is 1. The second-order valence-electron chi connectivity index (χ2n) is 5.14. The van der Waals surface area contributed by atoms with Crippen LogP contribution >= 0.6 is 0 Å². The van der Waals surface area contributed by atoms with Crippen molar-refractivity contribution in [2.45, 2.75) is 45.4 Å². The van der Waals surface area contributed by atoms with Crippen molar-refractivity contribution in [1.82, 2.24) is 0 Å². The summed E-state index contributed by atoms with van der Waals surface area (Å²) in [5.41, 5.74) is -0.500. The molecule has 1 aliphatic rings. The fourth-order valence-electron chi connectivity index (χ4n) is 2.21. The molecule has 0 radical (unpaired) electrons. The van der Waals surface area contributed by atoms with Gasteiger partial charge >= 0.3 is 6.09 Å². The number of amides is 1. The molecule has 1 amide bonds. The third-order valence-electron chi connectivity index (χ3n) is 3.90. The van der Waals surface area contributed by atoms with Gasteiger partial charge in [-0.1, -0.05) is 24.6 Å². The van der Waals surface area contributed by atoms with E-state index in [0.29, 0.717) is 12.1 Å². The molecule has 4 heteroatoms. The van der Waals surface area contributed by atoms with Crippen molar-refractivity contribution in [2.75, 3.05) is 4.90 Å². The Morgan fingerprint density at radius 1 is 1.28 bits per heavy atom. The molecule has 4 nitrogen and oxygen atoms in total. The second-order valence-corrected chi connectivity index (χ2v) is 5.14. The summed E-state index contributed by atoms with van der Waals surface area (Å²) in [6.07, 6.45) is 0.0434. The number of ether oxygens (including phenoxy) is 1. The number of carbonyl (C=O) groups excluding carboxylic acids is 1. The van der Waals surface area contributed by atoms with Crippen LogP contribution in [0, 0.1) is 6.92 Å². The lowest BCUT2D eigenvalue weighted by atomic mass is 9.90. The van der Waals surface area contributed by atoms with E-state index < -0.39 is 17.4 Å². The first-order valence-electron chi connectivity index (χ1n) is 6.14. The maximum absolute atomic E-state index is 12.0. The molecular weight excluding hydrogens is 230 g/mol. The van der Waals surface area contributed by atoms with Crippen LogP contribution < -0.4 is 4.90 Å². The maximum atomic E-state index is 12.0. The lowest BCUT2D eigenvalue weighted by Gasteiger charge is -2.36. The van der Waals surface area contributed by atoms with Crippen molar-refractivity contribution in [3.8, 4) is 0 Å². The molecule has 1 aliphatic heterocycles. The van der Waals surface area contributed by atoms with Gasteiger partial charge in [0.2, 0.25) is 0 Å². The van der Waals surface area contributed by atoms with Gasteiger partial charge in [0.05, 0.1) is 5.69 Å². The highest BCUT2D eigenvalue weighted by Crippen LogP contribution is 2.42. The number of aliphatic hydroxyl groups is 1. The van der Waals surface area contributed by atoms with Gasteiger partial charge in [-0.3, -0.25) is 0 Å². The van der Waals surface area contributed by atoms with E-state index in [9.17, 15) is 9.90 Å². The highest BCUT2D eigenvalue weighted by molar-refractivity contribution is 5.92. The van der Waals surface area contributed by atoms with Gasteiger partial charge < -0.3 is 9.84 Å². The van der Waals surface area contributed by atoms with E-state index in [1.165, 1.54) is 4.90 Å². The molecule has 1 fully saturated rings. The summed E-state index contributed by atoms with van der Waals surface area (Å²) in [6.45, 7) is 7.22. The zero-order valence-corrected chi connectivity index (χ0v) is 11.2. The first kappa shape index (κ1) is 12.9. The molecule has 0 bridgehead atoms. The van der Waals surface area contributed by atoms with Crippen LogP contribution in [0.1, 0.15) is 32.8 Å². The van der Waals surface area contributed by atoms with E-state index in [1.54, 1.807) is 13.8 Å². The van der Waals surface area contributed by atoms with Crippen LogP contribution in [0.2, 0.25) is 0 Å². The van der Waals surface area contributed by atoms with E-state index in [0.717, 1.165) is 5.56 Å². The standard InChI is InChI=1S/C14H19NO3/c1-5-13(3)14(4,17)15(12(16)18-13)11-8-6-10(2)7-9-11/h6-9,17H,5H2,1-4H3/t13-,14-/m1/s1. The lowest BCUT2D eigenvalue weighted by molar-refractivity contribution is -0.0861. The predicted octanol–water partition coefficient (Wildman–Crippen LogP) is 2.83. The Hall–Kier alpha value is -1.55. The van der Waals surface area contributed by atoms with Crippen LogP contribution in [0.25, 0.3) is 0 Å². The topological polar surface area (TPSA) is 49.8 Å². The molecule has 0 saturated carbocycles. The normalized spacial score (nSPS) is 31.6. The van der Waals surface area contributed by atoms with E-state index in [2.05, 4.69) is 0 Å². The first-order valence-corrected chi connectivity index (χ1v) is 6.14. The molecule has 2 atom stereocenters. The molecule has 0 aromatic heterocycles. The number of nitrogens with zero attached hydrogens (tertiary/aromatic N) is 1. The van der Waals surface area contributed by atoms with Crippen molar-refractivity contribution < 1.29 is 14.6 Å². The zero-order chi connectivity index (χ0) is 13.6. The van der Waals surface area contributed by atoms with E-state index in [4.69, 9.17) is 4.74 Å². The fourth-order valence-corrected chi connectivity index (χ4v) is 2.21. The van der Waals surface area contributed by atoms with Crippen LogP contribution in [-0.4, -0.2) is 22.5 Å². The number of carbonyl (C=O) groups is 1. The largest absolute Gasteiger partial charge is 0.438 e. The van der Waals surface area contributed by atoms with Crippen molar-refractivity contribution in [3.63, 3.8) is 0 Å². The van der Waals surface area contributed by atoms with Crippen LogP contribution in [-0.2, 0) is 4.74 Å². The minimum Gasteiger partial charge on any atom is -0.438 e. The molecular formula is C14H19NO3. The van der Waals surface area contributed by atoms with Gasteiger partial charge in [0.1, 0.15) is 0 Å². The van der Waals surface area contributed by atoms with Crippen molar-refractivity contribution >= 4 is 11.8 Å². The summed E-state index contributed by atoms with van der Waals surface area (Å²) >= 11 is 0. The number of cyclic esters (lactones) is 1. The van der Waals surface area contributed by atoms with Crippen molar-refractivity contribution in [1.29, 1.82) is 0 Å². The number of hydrogen-bond acceptors (Lipinski definition) is 3. The Morgan fingerprint density at radius 2 is 1.83 bits per heavy atom. The van der Waals surface area contributed by atoms with Gasteiger partial charge in [0, 0.05) is 0 Å². The maximum Gasteiger partial charge on any atom is 0.417 e. The van der Waals surface area contributed by atoms with E-state index >= 15 is 0 Å². The van der Waals surface area contributed by atoms with Gasteiger partial charge in [-0.25, -0.2) is 9.69 Å². The molecule has 1 heterocycles. The number of benzene rings is 1. The highest BCUT2D eigenvalue weighted by Gasteiger charge is 2.58. The number of anilines is 1. The molecule has 1 N–H and O–H groups in total. The molecule has 1 aromatic carbocycles. The SMILES string of the molecule is CC[C@@]1(C)OC(=O)N(c2ccc(C)cc2)[C@]1(C)O. The summed E-state index contributed by atoms with van der Waals surface area (Å²) in [7, 11) is 0. The molecule has 1 saturated heterocycles. The van der Waals surface area contributed by atoms with E-state index in [-0.39, 0.29) is 0 Å². The van der Waals surface area contributed by atoms with Gasteiger partial charge in [-0.05, 0) is 39.3 Å². The van der Waals surface area contributed by atoms with Crippen LogP contribution in [0.15, 0.2) is 24.3 Å². The Kier molecular flexibility index (Phi) is 2.86. The van der Waals surface area contributed by atoms with Gasteiger partial charge in [-0.2, -0.15) is 0 Å². The predicted molar refractivity (Wildman–Crippen MR) is 69.5 cm³/mol. The lowest BCUT2D eigenvalue weighted by Crippen LogP contribution is -2.55. The summed E-state index contributed by atoms with van der Waals surface area (Å²) < 4.78 is 5.35. The summed E-state index contributed by atoms with van der Waals surface area (Å²) in [4.78, 5) is 13.3. The monoisotopic (exact) mass is 249 g/mol. The third kappa shape index (κ3) is 1.68. The fraction of sp³-hybridized carbons (Fsp3) is 0.500. The Morgan fingerprint density at radius 3 is 2.28 bits per heavy atom. The summed E-state index contributed by atoms with van der Waals surface area (Å²) in [6, 6.07) is 7.43. The summed E-state index contributed by atoms with van der Waals surface area (Å²) in [5, 5.41) is 10.6. The number of aryl methyl sites for hydroxylation is 1. The van der Waals surface area contributed by atoms with E-state index in [1.807, 2.05) is 38.1 Å². The minimum atomic E-state index is -1.35. The minimum absolute atomic E-state index is 0.506. The molecule has 0 spiro atoms. The second kappa shape index (κ2) is 3.99. The van der Waals surface area contributed by atoms with Gasteiger partial charge in [-0.15, -0.1) is 0 Å². The van der Waals surface area contributed by atoms with Crippen LogP contribution in [0.4, 0.5) is 10.5 Å².